The van der Waals surface area contributed by atoms with Crippen LogP contribution in [0.1, 0.15) is 61.5 Å². The number of benzene rings is 1. The van der Waals surface area contributed by atoms with Crippen LogP contribution in [0, 0.1) is 5.82 Å². The van der Waals surface area contributed by atoms with E-state index in [1.165, 1.54) is 25.0 Å². The van der Waals surface area contributed by atoms with Gasteiger partial charge in [0.1, 0.15) is 17.1 Å². The minimum absolute atomic E-state index is 0.109. The molecule has 0 unspecified atom stereocenters. The predicted molar refractivity (Wildman–Crippen MR) is 124 cm³/mol. The number of thiophene rings is 1. The topological polar surface area (TPSA) is 54.3 Å². The summed E-state index contributed by atoms with van der Waals surface area (Å²) in [6.45, 7) is 2.52. The minimum Gasteiger partial charge on any atom is -0.351 e. The molecule has 5 nitrogen and oxygen atoms in total. The second-order valence-electron chi connectivity index (χ2n) is 9.24. The lowest BCUT2D eigenvalue weighted by atomic mass is 9.93. The molecule has 0 spiro atoms. The monoisotopic (exact) mass is 453 g/mol. The van der Waals surface area contributed by atoms with Gasteiger partial charge in [0.05, 0.1) is 16.8 Å². The molecule has 2 aromatic heterocycles. The number of carbonyl (C=O) groups is 2. The van der Waals surface area contributed by atoms with Crippen LogP contribution in [0.25, 0.3) is 10.2 Å². The van der Waals surface area contributed by atoms with Gasteiger partial charge in [0.2, 0.25) is 5.91 Å². The standard InChI is InChI=1S/C25H28FN3O2S/c1-25(24(31)27-19-6-4-2-3-5-7-19)16-28-20-12-13-32-22(20)14-21(28)23(30)29(25)15-17-8-10-18(26)11-9-17/h8-14,19H,2-7,15-16H2,1H3,(H,27,31)/t25-/m1/s1. The van der Waals surface area contributed by atoms with Gasteiger partial charge >= 0.3 is 0 Å². The van der Waals surface area contributed by atoms with Gasteiger partial charge in [-0.1, -0.05) is 37.8 Å². The lowest BCUT2D eigenvalue weighted by molar-refractivity contribution is -0.134. The van der Waals surface area contributed by atoms with Crippen molar-refractivity contribution >= 4 is 33.4 Å². The SMILES string of the molecule is C[C@]1(C(=O)NC2CCCCCC2)Cn2c(cc3sccc32)C(=O)N1Cc1ccc(F)cc1. The quantitative estimate of drug-likeness (QED) is 0.559. The van der Waals surface area contributed by atoms with Gasteiger partial charge in [0, 0.05) is 12.6 Å². The van der Waals surface area contributed by atoms with E-state index in [2.05, 4.69) is 5.32 Å². The summed E-state index contributed by atoms with van der Waals surface area (Å²) < 4.78 is 16.5. The number of halogens is 1. The number of amides is 2. The molecule has 168 valence electrons. The normalized spacial score (nSPS) is 22.1. The first-order valence-electron chi connectivity index (χ1n) is 11.4. The summed E-state index contributed by atoms with van der Waals surface area (Å²) in [4.78, 5) is 29.1. The van der Waals surface area contributed by atoms with Crippen molar-refractivity contribution in [1.82, 2.24) is 14.8 Å². The highest BCUT2D eigenvalue weighted by Crippen LogP contribution is 2.35. The van der Waals surface area contributed by atoms with Crippen LogP contribution in [0.5, 0.6) is 0 Å². The Kier molecular flexibility index (Phi) is 5.53. The first kappa shape index (κ1) is 21.2. The van der Waals surface area contributed by atoms with E-state index in [1.54, 1.807) is 28.4 Å². The second kappa shape index (κ2) is 8.35. The molecule has 0 saturated heterocycles. The van der Waals surface area contributed by atoms with Crippen LogP contribution < -0.4 is 5.32 Å². The van der Waals surface area contributed by atoms with Gasteiger partial charge in [0.25, 0.3) is 5.91 Å². The van der Waals surface area contributed by atoms with Crippen LogP contribution in [-0.2, 0) is 17.9 Å². The molecular weight excluding hydrogens is 425 g/mol. The van der Waals surface area contributed by atoms with E-state index in [1.807, 2.05) is 29.0 Å². The second-order valence-corrected chi connectivity index (χ2v) is 10.2. The highest BCUT2D eigenvalue weighted by atomic mass is 32.1. The Bertz CT molecular complexity index is 1140. The van der Waals surface area contributed by atoms with E-state index in [0.717, 1.165) is 41.5 Å². The fourth-order valence-electron chi connectivity index (χ4n) is 5.06. The van der Waals surface area contributed by atoms with Crippen LogP contribution in [0.2, 0.25) is 0 Å². The van der Waals surface area contributed by atoms with Crippen molar-refractivity contribution in [3.8, 4) is 0 Å². The van der Waals surface area contributed by atoms with Crippen molar-refractivity contribution in [2.75, 3.05) is 0 Å². The Morgan fingerprint density at radius 1 is 1.16 bits per heavy atom. The molecule has 1 atom stereocenters. The molecule has 1 aromatic carbocycles. The number of nitrogens with one attached hydrogen (secondary N) is 1. The van der Waals surface area contributed by atoms with Crippen molar-refractivity contribution < 1.29 is 14.0 Å². The molecule has 3 aromatic rings. The molecule has 5 rings (SSSR count). The van der Waals surface area contributed by atoms with Gasteiger partial charge in [-0.15, -0.1) is 11.3 Å². The van der Waals surface area contributed by atoms with Crippen LogP contribution in [0.3, 0.4) is 0 Å². The molecule has 2 aliphatic rings. The number of aromatic nitrogens is 1. The van der Waals surface area contributed by atoms with Crippen molar-refractivity contribution in [1.29, 1.82) is 0 Å². The molecule has 1 saturated carbocycles. The first-order valence-corrected chi connectivity index (χ1v) is 12.3. The van der Waals surface area contributed by atoms with E-state index >= 15 is 0 Å². The molecule has 0 radical (unpaired) electrons. The van der Waals surface area contributed by atoms with Crippen molar-refractivity contribution in [3.05, 3.63) is 58.9 Å². The summed E-state index contributed by atoms with van der Waals surface area (Å²) >= 11 is 1.60. The number of fused-ring (bicyclic) bond motifs is 3. The van der Waals surface area contributed by atoms with Gasteiger partial charge in [-0.3, -0.25) is 9.59 Å². The molecule has 1 N–H and O–H groups in total. The maximum absolute atomic E-state index is 13.7. The Labute approximate surface area is 191 Å². The van der Waals surface area contributed by atoms with Crippen molar-refractivity contribution in [2.24, 2.45) is 0 Å². The van der Waals surface area contributed by atoms with Crippen molar-refractivity contribution in [3.63, 3.8) is 0 Å². The summed E-state index contributed by atoms with van der Waals surface area (Å²) in [5, 5.41) is 5.29. The summed E-state index contributed by atoms with van der Waals surface area (Å²) in [6.07, 6.45) is 6.63. The smallest absolute Gasteiger partial charge is 0.271 e. The van der Waals surface area contributed by atoms with Crippen molar-refractivity contribution in [2.45, 2.75) is 70.1 Å². The third-order valence-electron chi connectivity index (χ3n) is 6.98. The number of hydrogen-bond acceptors (Lipinski definition) is 3. The molecular formula is C25H28FN3O2S. The van der Waals surface area contributed by atoms with E-state index in [-0.39, 0.29) is 30.2 Å². The molecule has 7 heteroatoms. The average molecular weight is 454 g/mol. The van der Waals surface area contributed by atoms with Crippen LogP contribution in [-0.4, -0.2) is 32.9 Å². The largest absolute Gasteiger partial charge is 0.351 e. The molecule has 2 amide bonds. The van der Waals surface area contributed by atoms with E-state index in [9.17, 15) is 14.0 Å². The fourth-order valence-corrected chi connectivity index (χ4v) is 5.88. The Morgan fingerprint density at radius 2 is 1.88 bits per heavy atom. The van der Waals surface area contributed by atoms with Gasteiger partial charge < -0.3 is 14.8 Å². The summed E-state index contributed by atoms with van der Waals surface area (Å²) in [5.41, 5.74) is 1.36. The Hall–Kier alpha value is -2.67. The highest BCUT2D eigenvalue weighted by Gasteiger charge is 2.48. The molecule has 1 fully saturated rings. The summed E-state index contributed by atoms with van der Waals surface area (Å²) in [7, 11) is 0. The first-order chi connectivity index (χ1) is 15.5. The molecule has 32 heavy (non-hydrogen) atoms. The maximum Gasteiger partial charge on any atom is 0.271 e. The molecule has 1 aliphatic heterocycles. The number of nitrogens with zero attached hydrogens (tertiary/aromatic N) is 2. The lowest BCUT2D eigenvalue weighted by Crippen LogP contribution is -2.64. The summed E-state index contributed by atoms with van der Waals surface area (Å²) in [5.74, 6) is -0.591. The maximum atomic E-state index is 13.7. The zero-order valence-electron chi connectivity index (χ0n) is 18.3. The summed E-state index contributed by atoms with van der Waals surface area (Å²) in [6, 6.07) is 10.2. The number of rotatable bonds is 4. The highest BCUT2D eigenvalue weighted by molar-refractivity contribution is 7.17. The van der Waals surface area contributed by atoms with Crippen LogP contribution >= 0.6 is 11.3 Å². The third-order valence-corrected chi connectivity index (χ3v) is 7.84. The van der Waals surface area contributed by atoms with Gasteiger partial charge in [0.15, 0.2) is 0 Å². The van der Waals surface area contributed by atoms with Gasteiger partial charge in [-0.2, -0.15) is 0 Å². The minimum atomic E-state index is -1.04. The van der Waals surface area contributed by atoms with Crippen LogP contribution in [0.15, 0.2) is 41.8 Å². The molecule has 1 aliphatic carbocycles. The predicted octanol–water partition coefficient (Wildman–Crippen LogP) is 5.10. The van der Waals surface area contributed by atoms with E-state index in [4.69, 9.17) is 0 Å². The van der Waals surface area contributed by atoms with Gasteiger partial charge in [-0.25, -0.2) is 4.39 Å². The third kappa shape index (κ3) is 3.72. The number of hydrogen-bond donors (Lipinski definition) is 1. The fraction of sp³-hybridized carbons (Fsp3) is 0.440. The van der Waals surface area contributed by atoms with Gasteiger partial charge in [-0.05, 0) is 55.0 Å². The Balaban J connectivity index is 1.51. The molecule has 0 bridgehead atoms. The number of carbonyl (C=O) groups excluding carboxylic acids is 2. The zero-order valence-corrected chi connectivity index (χ0v) is 19.1. The molecule has 3 heterocycles. The Morgan fingerprint density at radius 3 is 2.59 bits per heavy atom. The average Bonchev–Trinajstić information content (AvgIpc) is 3.27. The zero-order chi connectivity index (χ0) is 22.3. The van der Waals surface area contributed by atoms with E-state index < -0.39 is 5.54 Å². The van der Waals surface area contributed by atoms with Crippen LogP contribution in [0.4, 0.5) is 4.39 Å². The van der Waals surface area contributed by atoms with E-state index in [0.29, 0.717) is 12.2 Å². The lowest BCUT2D eigenvalue weighted by Gasteiger charge is -2.44.